The standard InChI is InChI=1S/C13H10ClN3O3S/c14-11-8(2-1-3-9(11)12(18)19)10-5-4-7(20-10)6-16-17-13(15)21/h1-6H,(H,18,19)(H3,15,17,21)/b16-6+. The molecule has 4 N–H and O–H groups in total. The number of carboxylic acid groups (broad SMARTS) is 1. The van der Waals surface area contributed by atoms with E-state index in [2.05, 4.69) is 22.7 Å². The van der Waals surface area contributed by atoms with Crippen molar-refractivity contribution in [2.24, 2.45) is 10.8 Å². The molecule has 0 saturated heterocycles. The lowest BCUT2D eigenvalue weighted by Gasteiger charge is -2.03. The van der Waals surface area contributed by atoms with E-state index >= 15 is 0 Å². The van der Waals surface area contributed by atoms with Gasteiger partial charge in [-0.3, -0.25) is 5.43 Å². The van der Waals surface area contributed by atoms with Crippen LogP contribution in [0, 0.1) is 0 Å². The van der Waals surface area contributed by atoms with Crippen LogP contribution in [0.4, 0.5) is 0 Å². The maximum atomic E-state index is 11.0. The van der Waals surface area contributed by atoms with E-state index in [1.165, 1.54) is 12.3 Å². The van der Waals surface area contributed by atoms with Crippen molar-refractivity contribution in [2.75, 3.05) is 0 Å². The second kappa shape index (κ2) is 6.38. The summed E-state index contributed by atoms with van der Waals surface area (Å²) in [6.07, 6.45) is 1.39. The molecule has 0 saturated carbocycles. The summed E-state index contributed by atoms with van der Waals surface area (Å²) in [5.41, 5.74) is 8.11. The molecule has 0 aliphatic rings. The maximum absolute atomic E-state index is 11.0. The minimum absolute atomic E-state index is 0.0101. The summed E-state index contributed by atoms with van der Waals surface area (Å²) in [5, 5.41) is 12.9. The fourth-order valence-corrected chi connectivity index (χ4v) is 1.97. The summed E-state index contributed by atoms with van der Waals surface area (Å²) >= 11 is 10.7. The fraction of sp³-hybridized carbons (Fsp3) is 0. The van der Waals surface area contributed by atoms with Gasteiger partial charge in [0.1, 0.15) is 11.5 Å². The Labute approximate surface area is 130 Å². The highest BCUT2D eigenvalue weighted by molar-refractivity contribution is 7.80. The summed E-state index contributed by atoms with van der Waals surface area (Å²) in [5.74, 6) is -0.235. The highest BCUT2D eigenvalue weighted by Gasteiger charge is 2.15. The molecular formula is C13H10ClN3O3S. The zero-order chi connectivity index (χ0) is 15.4. The van der Waals surface area contributed by atoms with Crippen molar-refractivity contribution in [2.45, 2.75) is 0 Å². The van der Waals surface area contributed by atoms with Gasteiger partial charge in [-0.25, -0.2) is 4.79 Å². The number of furan rings is 1. The third-order valence-corrected chi connectivity index (χ3v) is 2.99. The van der Waals surface area contributed by atoms with Crippen LogP contribution in [0.5, 0.6) is 0 Å². The summed E-state index contributed by atoms with van der Waals surface area (Å²) in [6.45, 7) is 0. The molecule has 1 heterocycles. The van der Waals surface area contributed by atoms with Gasteiger partial charge < -0.3 is 15.3 Å². The highest BCUT2D eigenvalue weighted by Crippen LogP contribution is 2.31. The number of hydrogen-bond donors (Lipinski definition) is 3. The molecule has 108 valence electrons. The molecule has 0 radical (unpaired) electrons. The van der Waals surface area contributed by atoms with Crippen molar-refractivity contribution < 1.29 is 14.3 Å². The minimum atomic E-state index is -1.10. The van der Waals surface area contributed by atoms with Gasteiger partial charge in [0.25, 0.3) is 0 Å². The predicted molar refractivity (Wildman–Crippen MR) is 83.6 cm³/mol. The zero-order valence-electron chi connectivity index (χ0n) is 10.5. The lowest BCUT2D eigenvalue weighted by Crippen LogP contribution is -2.23. The molecule has 8 heteroatoms. The van der Waals surface area contributed by atoms with Crippen molar-refractivity contribution in [1.29, 1.82) is 0 Å². The zero-order valence-corrected chi connectivity index (χ0v) is 12.1. The molecular weight excluding hydrogens is 314 g/mol. The van der Waals surface area contributed by atoms with Crippen LogP contribution in [0.2, 0.25) is 5.02 Å². The van der Waals surface area contributed by atoms with Gasteiger partial charge in [0, 0.05) is 5.56 Å². The molecule has 1 aromatic carbocycles. The van der Waals surface area contributed by atoms with E-state index < -0.39 is 5.97 Å². The van der Waals surface area contributed by atoms with Crippen LogP contribution in [-0.4, -0.2) is 22.4 Å². The van der Waals surface area contributed by atoms with Gasteiger partial charge in [0.2, 0.25) is 0 Å². The lowest BCUT2D eigenvalue weighted by atomic mass is 10.1. The molecule has 2 aromatic rings. The number of rotatable bonds is 4. The van der Waals surface area contributed by atoms with Crippen molar-refractivity contribution in [3.05, 3.63) is 46.7 Å². The first kappa shape index (κ1) is 15.0. The van der Waals surface area contributed by atoms with Gasteiger partial charge in [-0.15, -0.1) is 0 Å². The lowest BCUT2D eigenvalue weighted by molar-refractivity contribution is 0.0697. The molecule has 0 atom stereocenters. The normalized spacial score (nSPS) is 10.7. The summed E-state index contributed by atoms with van der Waals surface area (Å²) in [7, 11) is 0. The van der Waals surface area contributed by atoms with Gasteiger partial charge in [-0.05, 0) is 36.5 Å². The number of aromatic carboxylic acids is 1. The molecule has 0 fully saturated rings. The minimum Gasteiger partial charge on any atom is -0.478 e. The SMILES string of the molecule is NC(=S)N/N=C/c1ccc(-c2cccc(C(=O)O)c2Cl)o1. The molecule has 0 unspecified atom stereocenters. The number of hydrogen-bond acceptors (Lipinski definition) is 4. The fourth-order valence-electron chi connectivity index (χ4n) is 1.61. The van der Waals surface area contributed by atoms with E-state index in [9.17, 15) is 4.79 Å². The van der Waals surface area contributed by atoms with Gasteiger partial charge >= 0.3 is 5.97 Å². The molecule has 0 amide bonds. The third kappa shape index (κ3) is 3.59. The average molecular weight is 324 g/mol. The average Bonchev–Trinajstić information content (AvgIpc) is 2.86. The Balaban J connectivity index is 2.30. The molecule has 0 bridgehead atoms. The van der Waals surface area contributed by atoms with Crippen LogP contribution >= 0.6 is 23.8 Å². The monoisotopic (exact) mass is 323 g/mol. The number of hydrazone groups is 1. The number of nitrogens with one attached hydrogen (secondary N) is 1. The molecule has 0 aliphatic heterocycles. The largest absolute Gasteiger partial charge is 0.478 e. The van der Waals surface area contributed by atoms with E-state index in [1.54, 1.807) is 24.3 Å². The van der Waals surface area contributed by atoms with Gasteiger partial charge in [0.15, 0.2) is 5.11 Å². The van der Waals surface area contributed by atoms with E-state index in [0.717, 1.165) is 0 Å². The van der Waals surface area contributed by atoms with Crippen LogP contribution in [0.3, 0.4) is 0 Å². The second-order valence-electron chi connectivity index (χ2n) is 3.91. The van der Waals surface area contributed by atoms with Gasteiger partial charge in [-0.2, -0.15) is 5.10 Å². The quantitative estimate of drug-likeness (QED) is 0.454. The number of nitrogens with zero attached hydrogens (tertiary/aromatic N) is 1. The van der Waals surface area contributed by atoms with Crippen molar-refractivity contribution >= 4 is 41.1 Å². The second-order valence-corrected chi connectivity index (χ2v) is 4.73. The molecule has 21 heavy (non-hydrogen) atoms. The Bertz CT molecular complexity index is 727. The Morgan fingerprint density at radius 1 is 1.43 bits per heavy atom. The van der Waals surface area contributed by atoms with Crippen LogP contribution in [0.1, 0.15) is 16.1 Å². The van der Waals surface area contributed by atoms with Gasteiger partial charge in [-0.1, -0.05) is 17.7 Å². The van der Waals surface area contributed by atoms with Crippen LogP contribution in [-0.2, 0) is 0 Å². The third-order valence-electron chi connectivity index (χ3n) is 2.49. The van der Waals surface area contributed by atoms with Crippen LogP contribution in [0.15, 0.2) is 39.9 Å². The number of benzene rings is 1. The molecule has 6 nitrogen and oxygen atoms in total. The Hall–Kier alpha value is -2.38. The number of halogens is 1. The van der Waals surface area contributed by atoms with Crippen LogP contribution < -0.4 is 11.2 Å². The van der Waals surface area contributed by atoms with Gasteiger partial charge in [0.05, 0.1) is 16.8 Å². The summed E-state index contributed by atoms with van der Waals surface area (Å²) in [4.78, 5) is 11.0. The molecule has 0 aliphatic carbocycles. The van der Waals surface area contributed by atoms with E-state index in [1.807, 2.05) is 0 Å². The first-order valence-electron chi connectivity index (χ1n) is 5.69. The Kier molecular flexibility index (Phi) is 4.56. The smallest absolute Gasteiger partial charge is 0.337 e. The number of nitrogens with two attached hydrogens (primary N) is 1. The number of carbonyl (C=O) groups is 1. The summed E-state index contributed by atoms with van der Waals surface area (Å²) in [6, 6.07) is 8.00. The molecule has 2 rings (SSSR count). The first-order valence-corrected chi connectivity index (χ1v) is 6.48. The van der Waals surface area contributed by atoms with Crippen LogP contribution in [0.25, 0.3) is 11.3 Å². The van der Waals surface area contributed by atoms with Crippen molar-refractivity contribution in [3.63, 3.8) is 0 Å². The van der Waals surface area contributed by atoms with Crippen molar-refractivity contribution in [3.8, 4) is 11.3 Å². The Morgan fingerprint density at radius 2 is 2.19 bits per heavy atom. The van der Waals surface area contributed by atoms with E-state index in [4.69, 9.17) is 26.9 Å². The van der Waals surface area contributed by atoms with E-state index in [0.29, 0.717) is 17.1 Å². The maximum Gasteiger partial charge on any atom is 0.337 e. The highest BCUT2D eigenvalue weighted by atomic mass is 35.5. The number of carboxylic acids is 1. The first-order chi connectivity index (χ1) is 9.99. The Morgan fingerprint density at radius 3 is 2.86 bits per heavy atom. The topological polar surface area (TPSA) is 101 Å². The predicted octanol–water partition coefficient (Wildman–Crippen LogP) is 2.47. The number of thiocarbonyl (C=S) groups is 1. The van der Waals surface area contributed by atoms with Crippen molar-refractivity contribution in [1.82, 2.24) is 5.43 Å². The van der Waals surface area contributed by atoms with E-state index in [-0.39, 0.29) is 15.7 Å². The summed E-state index contributed by atoms with van der Waals surface area (Å²) < 4.78 is 5.52. The molecule has 0 spiro atoms. The molecule has 1 aromatic heterocycles.